The number of aromatic nitrogens is 3. The van der Waals surface area contributed by atoms with E-state index >= 15 is 0 Å². The molecule has 2 aromatic heterocycles. The number of quaternary nitrogens is 1. The minimum atomic E-state index is 0.622. The Kier molecular flexibility index (Phi) is 5.24. The quantitative estimate of drug-likeness (QED) is 0.550. The number of anilines is 1. The fourth-order valence-electron chi connectivity index (χ4n) is 3.34. The molecule has 1 aliphatic rings. The highest BCUT2D eigenvalue weighted by molar-refractivity contribution is 7.98. The Hall–Kier alpha value is -1.89. The molecule has 1 N–H and O–H groups in total. The number of nitrogens with one attached hydrogen (secondary N) is 1. The van der Waals surface area contributed by atoms with E-state index in [2.05, 4.69) is 50.4 Å². The van der Waals surface area contributed by atoms with Crippen molar-refractivity contribution in [1.82, 2.24) is 15.0 Å². The molecule has 4 rings (SSSR count). The van der Waals surface area contributed by atoms with Crippen molar-refractivity contribution in [2.45, 2.75) is 11.4 Å². The molecule has 3 heterocycles. The molecular weight excluding hydrogens is 366 g/mol. The average molecular weight is 387 g/mol. The van der Waals surface area contributed by atoms with Gasteiger partial charge in [-0.25, -0.2) is 15.0 Å². The summed E-state index contributed by atoms with van der Waals surface area (Å²) in [5.74, 6) is 0.821. The van der Waals surface area contributed by atoms with Crippen molar-refractivity contribution in [2.75, 3.05) is 37.3 Å². The summed E-state index contributed by atoms with van der Waals surface area (Å²) in [7, 11) is 0. The van der Waals surface area contributed by atoms with E-state index in [0.717, 1.165) is 55.1 Å². The zero-order chi connectivity index (χ0) is 17.9. The normalized spacial score (nSPS) is 15.5. The van der Waals surface area contributed by atoms with Gasteiger partial charge < -0.3 is 9.80 Å². The SMILES string of the molecule is CSc1ccc2cc(C[NH+]3CCN(c4ncccn4)CC3)c(Cl)nc2c1. The summed E-state index contributed by atoms with van der Waals surface area (Å²) in [6, 6.07) is 10.4. The fourth-order valence-corrected chi connectivity index (χ4v) is 3.99. The second-order valence-electron chi connectivity index (χ2n) is 6.46. The van der Waals surface area contributed by atoms with Crippen LogP contribution in [-0.2, 0) is 6.54 Å². The van der Waals surface area contributed by atoms with Gasteiger partial charge in [0.15, 0.2) is 0 Å². The minimum absolute atomic E-state index is 0.622. The van der Waals surface area contributed by atoms with Gasteiger partial charge in [0.1, 0.15) is 11.7 Å². The first-order valence-electron chi connectivity index (χ1n) is 8.71. The summed E-state index contributed by atoms with van der Waals surface area (Å²) in [6.07, 6.45) is 5.66. The van der Waals surface area contributed by atoms with E-state index < -0.39 is 0 Å². The summed E-state index contributed by atoms with van der Waals surface area (Å²) >= 11 is 8.20. The molecule has 1 aromatic carbocycles. The predicted molar refractivity (Wildman–Crippen MR) is 107 cm³/mol. The van der Waals surface area contributed by atoms with Gasteiger partial charge in [0.25, 0.3) is 0 Å². The minimum Gasteiger partial charge on any atom is -0.330 e. The summed E-state index contributed by atoms with van der Waals surface area (Å²) in [5, 5.41) is 1.77. The molecule has 1 aliphatic heterocycles. The Bertz CT molecular complexity index is 897. The van der Waals surface area contributed by atoms with Crippen molar-refractivity contribution < 1.29 is 4.90 Å². The highest BCUT2D eigenvalue weighted by Crippen LogP contribution is 2.24. The first kappa shape index (κ1) is 17.5. The van der Waals surface area contributed by atoms with Crippen molar-refractivity contribution in [3.63, 3.8) is 0 Å². The molecule has 0 bridgehead atoms. The zero-order valence-electron chi connectivity index (χ0n) is 14.7. The molecule has 3 aromatic rings. The van der Waals surface area contributed by atoms with Crippen LogP contribution in [0.2, 0.25) is 5.15 Å². The Morgan fingerprint density at radius 1 is 1.15 bits per heavy atom. The molecule has 0 unspecified atom stereocenters. The third kappa shape index (κ3) is 3.77. The lowest BCUT2D eigenvalue weighted by molar-refractivity contribution is -0.914. The van der Waals surface area contributed by atoms with Crippen LogP contribution in [-0.4, -0.2) is 47.4 Å². The summed E-state index contributed by atoms with van der Waals surface area (Å²) in [5.41, 5.74) is 2.09. The van der Waals surface area contributed by atoms with Crippen LogP contribution in [0.25, 0.3) is 10.9 Å². The van der Waals surface area contributed by atoms with Crippen LogP contribution in [0.1, 0.15) is 5.56 Å². The van der Waals surface area contributed by atoms with Gasteiger partial charge in [0, 0.05) is 28.2 Å². The van der Waals surface area contributed by atoms with E-state index in [1.165, 1.54) is 9.80 Å². The van der Waals surface area contributed by atoms with E-state index in [1.54, 1.807) is 24.2 Å². The Morgan fingerprint density at radius 3 is 2.65 bits per heavy atom. The lowest BCUT2D eigenvalue weighted by atomic mass is 10.1. The van der Waals surface area contributed by atoms with Gasteiger partial charge in [0.2, 0.25) is 5.95 Å². The highest BCUT2D eigenvalue weighted by Gasteiger charge is 2.22. The number of halogens is 1. The number of rotatable bonds is 4. The number of thioether (sulfide) groups is 1. The van der Waals surface area contributed by atoms with Crippen molar-refractivity contribution in [2.24, 2.45) is 0 Å². The monoisotopic (exact) mass is 386 g/mol. The predicted octanol–water partition coefficient (Wildman–Crippen LogP) is 2.31. The third-order valence-electron chi connectivity index (χ3n) is 4.80. The van der Waals surface area contributed by atoms with Crippen molar-refractivity contribution in [3.05, 3.63) is 53.4 Å². The van der Waals surface area contributed by atoms with Gasteiger partial charge in [-0.2, -0.15) is 0 Å². The molecule has 5 nitrogen and oxygen atoms in total. The molecule has 26 heavy (non-hydrogen) atoms. The molecule has 0 atom stereocenters. The van der Waals surface area contributed by atoms with E-state index in [-0.39, 0.29) is 0 Å². The van der Waals surface area contributed by atoms with Crippen LogP contribution in [0.15, 0.2) is 47.6 Å². The Morgan fingerprint density at radius 2 is 1.92 bits per heavy atom. The molecule has 1 saturated heterocycles. The van der Waals surface area contributed by atoms with Gasteiger partial charge in [-0.1, -0.05) is 17.7 Å². The summed E-state index contributed by atoms with van der Waals surface area (Å²) < 4.78 is 0. The first-order chi connectivity index (χ1) is 12.7. The van der Waals surface area contributed by atoms with Crippen LogP contribution in [0, 0.1) is 0 Å². The number of benzene rings is 1. The third-order valence-corrected chi connectivity index (χ3v) is 5.85. The van der Waals surface area contributed by atoms with E-state index in [4.69, 9.17) is 11.6 Å². The molecule has 0 radical (unpaired) electrons. The van der Waals surface area contributed by atoms with Crippen LogP contribution in [0.4, 0.5) is 5.95 Å². The standard InChI is InChI=1S/C19H20ClN5S/c1-26-16-4-3-14-11-15(18(20)23-17(14)12-16)13-24-7-9-25(10-8-24)19-21-5-2-6-22-19/h2-6,11-12H,7-10,13H2,1H3/p+1. The van der Waals surface area contributed by atoms with E-state index in [9.17, 15) is 0 Å². The largest absolute Gasteiger partial charge is 0.330 e. The average Bonchev–Trinajstić information content (AvgIpc) is 2.69. The molecular formula is C19H21ClN5S+. The fraction of sp³-hybridized carbons (Fsp3) is 0.316. The number of hydrogen-bond acceptors (Lipinski definition) is 5. The second-order valence-corrected chi connectivity index (χ2v) is 7.70. The molecule has 0 saturated carbocycles. The first-order valence-corrected chi connectivity index (χ1v) is 10.3. The maximum Gasteiger partial charge on any atom is 0.225 e. The van der Waals surface area contributed by atoms with Crippen molar-refractivity contribution in [1.29, 1.82) is 0 Å². The number of hydrogen-bond donors (Lipinski definition) is 1. The zero-order valence-corrected chi connectivity index (χ0v) is 16.2. The number of pyridine rings is 1. The molecule has 0 aliphatic carbocycles. The molecule has 0 amide bonds. The lowest BCUT2D eigenvalue weighted by Gasteiger charge is -2.32. The maximum atomic E-state index is 6.48. The van der Waals surface area contributed by atoms with E-state index in [0.29, 0.717) is 5.15 Å². The number of piperazine rings is 1. The van der Waals surface area contributed by atoms with Crippen LogP contribution >= 0.6 is 23.4 Å². The molecule has 0 spiro atoms. The lowest BCUT2D eigenvalue weighted by Crippen LogP contribution is -3.13. The van der Waals surface area contributed by atoms with Crippen LogP contribution in [0.3, 0.4) is 0 Å². The highest BCUT2D eigenvalue weighted by atomic mass is 35.5. The van der Waals surface area contributed by atoms with Crippen molar-refractivity contribution >= 4 is 40.2 Å². The number of fused-ring (bicyclic) bond motifs is 1. The van der Waals surface area contributed by atoms with Gasteiger partial charge in [-0.3, -0.25) is 0 Å². The van der Waals surface area contributed by atoms with Gasteiger partial charge in [-0.15, -0.1) is 11.8 Å². The summed E-state index contributed by atoms with van der Waals surface area (Å²) in [6.45, 7) is 4.88. The van der Waals surface area contributed by atoms with Gasteiger partial charge in [0.05, 0.1) is 31.7 Å². The van der Waals surface area contributed by atoms with Crippen LogP contribution in [0.5, 0.6) is 0 Å². The number of nitrogens with zero attached hydrogens (tertiary/aromatic N) is 4. The Labute approximate surface area is 162 Å². The molecule has 134 valence electrons. The molecule has 7 heteroatoms. The topological polar surface area (TPSA) is 46.4 Å². The van der Waals surface area contributed by atoms with E-state index in [1.807, 2.05) is 6.07 Å². The second kappa shape index (κ2) is 7.78. The van der Waals surface area contributed by atoms with Crippen LogP contribution < -0.4 is 9.80 Å². The summed E-state index contributed by atoms with van der Waals surface area (Å²) in [4.78, 5) is 18.3. The Balaban J connectivity index is 1.45. The van der Waals surface area contributed by atoms with Gasteiger partial charge >= 0.3 is 0 Å². The smallest absolute Gasteiger partial charge is 0.225 e. The van der Waals surface area contributed by atoms with Gasteiger partial charge in [-0.05, 0) is 30.5 Å². The van der Waals surface area contributed by atoms with Crippen molar-refractivity contribution in [3.8, 4) is 0 Å². The maximum absolute atomic E-state index is 6.48. The molecule has 1 fully saturated rings.